The Hall–Kier alpha value is 0.430. The molecule has 1 N–H and O–H groups in total. The lowest BCUT2D eigenvalue weighted by Gasteiger charge is -2.01. The number of rotatable bonds is 3. The number of hydrogen-bond donors (Lipinski definition) is 1. The van der Waals surface area contributed by atoms with Crippen LogP contribution in [-0.4, -0.2) is 16.2 Å². The predicted molar refractivity (Wildman–Crippen MR) is 44.9 cm³/mol. The van der Waals surface area contributed by atoms with Crippen LogP contribution in [-0.2, 0) is 4.79 Å². The molecule has 0 saturated heterocycles. The molecule has 4 heteroatoms. The van der Waals surface area contributed by atoms with Crippen LogP contribution < -0.4 is 5.32 Å². The predicted octanol–water partition coefficient (Wildman–Crippen LogP) is 1.63. The Morgan fingerprint density at radius 2 is 2.22 bits per heavy atom. The maximum absolute atomic E-state index is 10.7. The third-order valence-corrected chi connectivity index (χ3v) is 1.58. The summed E-state index contributed by atoms with van der Waals surface area (Å²) in [5.74, 6) is -0.0168. The SMILES string of the molecule is CCCNC(=O)C(Br)Br. The molecule has 0 rings (SSSR count). The molecule has 0 bridgehead atoms. The highest BCUT2D eigenvalue weighted by Gasteiger charge is 2.07. The molecular weight excluding hydrogens is 250 g/mol. The zero-order valence-electron chi connectivity index (χ0n) is 5.16. The van der Waals surface area contributed by atoms with E-state index in [2.05, 4.69) is 37.2 Å². The lowest BCUT2D eigenvalue weighted by Crippen LogP contribution is -2.28. The molecule has 0 atom stereocenters. The van der Waals surface area contributed by atoms with Crippen molar-refractivity contribution in [2.75, 3.05) is 6.54 Å². The molecule has 9 heavy (non-hydrogen) atoms. The summed E-state index contributed by atoms with van der Waals surface area (Å²) in [5, 5.41) is 2.70. The molecule has 0 aromatic heterocycles. The number of hydrogen-bond acceptors (Lipinski definition) is 1. The van der Waals surface area contributed by atoms with E-state index in [9.17, 15) is 4.79 Å². The van der Waals surface area contributed by atoms with Gasteiger partial charge in [0, 0.05) is 6.54 Å². The van der Waals surface area contributed by atoms with Gasteiger partial charge in [-0.1, -0.05) is 38.8 Å². The van der Waals surface area contributed by atoms with Crippen molar-refractivity contribution in [1.82, 2.24) is 5.32 Å². The zero-order chi connectivity index (χ0) is 7.28. The first kappa shape index (κ1) is 9.43. The second-order valence-electron chi connectivity index (χ2n) is 1.59. The third-order valence-electron chi connectivity index (χ3n) is 0.747. The van der Waals surface area contributed by atoms with Crippen molar-refractivity contribution in [3.05, 3.63) is 0 Å². The first-order valence-corrected chi connectivity index (χ1v) is 4.57. The first-order chi connectivity index (χ1) is 4.18. The van der Waals surface area contributed by atoms with Gasteiger partial charge in [0.25, 0.3) is 0 Å². The van der Waals surface area contributed by atoms with E-state index in [1.807, 2.05) is 6.92 Å². The molecule has 0 radical (unpaired) electrons. The number of amides is 1. The second-order valence-corrected chi connectivity index (χ2v) is 4.65. The summed E-state index contributed by atoms with van der Waals surface area (Å²) in [6.45, 7) is 2.75. The van der Waals surface area contributed by atoms with Gasteiger partial charge in [-0.05, 0) is 6.42 Å². The Morgan fingerprint density at radius 1 is 1.67 bits per heavy atom. The summed E-state index contributed by atoms with van der Waals surface area (Å²) in [4.78, 5) is 10.7. The summed E-state index contributed by atoms with van der Waals surface area (Å²) in [6, 6.07) is 0. The molecule has 2 nitrogen and oxygen atoms in total. The van der Waals surface area contributed by atoms with Crippen molar-refractivity contribution in [3.8, 4) is 0 Å². The van der Waals surface area contributed by atoms with Crippen molar-refractivity contribution in [2.45, 2.75) is 17.1 Å². The Bertz CT molecular complexity index is 95.0. The van der Waals surface area contributed by atoms with Crippen molar-refractivity contribution in [1.29, 1.82) is 0 Å². The maximum Gasteiger partial charge on any atom is 0.244 e. The molecule has 0 fully saturated rings. The second kappa shape index (κ2) is 5.23. The molecule has 0 aromatic carbocycles. The van der Waals surface area contributed by atoms with E-state index >= 15 is 0 Å². The normalized spacial score (nSPS) is 9.78. The van der Waals surface area contributed by atoms with Crippen molar-refractivity contribution in [3.63, 3.8) is 0 Å². The summed E-state index contributed by atoms with van der Waals surface area (Å²) < 4.78 is -0.253. The fraction of sp³-hybridized carbons (Fsp3) is 0.800. The molecule has 0 aromatic rings. The monoisotopic (exact) mass is 257 g/mol. The highest BCUT2D eigenvalue weighted by atomic mass is 79.9. The summed E-state index contributed by atoms with van der Waals surface area (Å²) in [6.07, 6.45) is 0.971. The van der Waals surface area contributed by atoms with Crippen LogP contribution in [0.1, 0.15) is 13.3 Å². The van der Waals surface area contributed by atoms with Crippen LogP contribution >= 0.6 is 31.9 Å². The van der Waals surface area contributed by atoms with Gasteiger partial charge in [0.2, 0.25) is 5.91 Å². The van der Waals surface area contributed by atoms with Gasteiger partial charge in [-0.25, -0.2) is 0 Å². The number of nitrogens with one attached hydrogen (secondary N) is 1. The lowest BCUT2D eigenvalue weighted by molar-refractivity contribution is -0.118. The summed E-state index contributed by atoms with van der Waals surface area (Å²) in [5.41, 5.74) is 0. The van der Waals surface area contributed by atoms with Gasteiger partial charge in [-0.3, -0.25) is 4.79 Å². The number of carbonyl (C=O) groups excluding carboxylic acids is 1. The highest BCUT2D eigenvalue weighted by molar-refractivity contribution is 9.25. The van der Waals surface area contributed by atoms with Crippen molar-refractivity contribution < 1.29 is 4.79 Å². The quantitative estimate of drug-likeness (QED) is 0.767. The Morgan fingerprint density at radius 3 is 2.56 bits per heavy atom. The van der Waals surface area contributed by atoms with E-state index in [1.165, 1.54) is 0 Å². The van der Waals surface area contributed by atoms with E-state index in [0.717, 1.165) is 13.0 Å². The standard InChI is InChI=1S/C5H9Br2NO/c1-2-3-8-5(9)4(6)7/h4H,2-3H2,1H3,(H,8,9). The van der Waals surface area contributed by atoms with Crippen LogP contribution in [0, 0.1) is 0 Å². The molecule has 54 valence electrons. The molecule has 1 amide bonds. The van der Waals surface area contributed by atoms with Crippen LogP contribution in [0.5, 0.6) is 0 Å². The van der Waals surface area contributed by atoms with E-state index in [-0.39, 0.29) is 9.64 Å². The molecule has 0 spiro atoms. The van der Waals surface area contributed by atoms with Crippen molar-refractivity contribution >= 4 is 37.8 Å². The average molecular weight is 259 g/mol. The molecule has 0 saturated carbocycles. The van der Waals surface area contributed by atoms with E-state index in [0.29, 0.717) is 0 Å². The van der Waals surface area contributed by atoms with Gasteiger partial charge >= 0.3 is 0 Å². The number of carbonyl (C=O) groups is 1. The van der Waals surface area contributed by atoms with Gasteiger partial charge < -0.3 is 5.32 Å². The van der Waals surface area contributed by atoms with Gasteiger partial charge in [0.1, 0.15) is 3.74 Å². The minimum atomic E-state index is -0.253. The number of halogens is 2. The fourth-order valence-corrected chi connectivity index (χ4v) is 0.649. The van der Waals surface area contributed by atoms with Crippen LogP contribution in [0.15, 0.2) is 0 Å². The highest BCUT2D eigenvalue weighted by Crippen LogP contribution is 2.06. The average Bonchev–Trinajstić information content (AvgIpc) is 1.82. The minimum Gasteiger partial charge on any atom is -0.354 e. The number of alkyl halides is 2. The summed E-state index contributed by atoms with van der Waals surface area (Å²) >= 11 is 6.15. The van der Waals surface area contributed by atoms with Crippen molar-refractivity contribution in [2.24, 2.45) is 0 Å². The van der Waals surface area contributed by atoms with Gasteiger partial charge in [-0.2, -0.15) is 0 Å². The Labute approximate surface area is 71.6 Å². The molecule has 0 aliphatic rings. The van der Waals surface area contributed by atoms with Crippen LogP contribution in [0.2, 0.25) is 0 Å². The van der Waals surface area contributed by atoms with E-state index in [4.69, 9.17) is 0 Å². The van der Waals surface area contributed by atoms with Crippen LogP contribution in [0.4, 0.5) is 0 Å². The first-order valence-electron chi connectivity index (χ1n) is 2.74. The molecule has 0 heterocycles. The summed E-state index contributed by atoms with van der Waals surface area (Å²) in [7, 11) is 0. The van der Waals surface area contributed by atoms with Gasteiger partial charge in [-0.15, -0.1) is 0 Å². The molecular formula is C5H9Br2NO. The van der Waals surface area contributed by atoms with Gasteiger partial charge in [0.05, 0.1) is 0 Å². The third kappa shape index (κ3) is 4.90. The topological polar surface area (TPSA) is 29.1 Å². The zero-order valence-corrected chi connectivity index (χ0v) is 8.33. The molecule has 0 aliphatic heterocycles. The minimum absolute atomic E-state index is 0.0168. The largest absolute Gasteiger partial charge is 0.354 e. The smallest absolute Gasteiger partial charge is 0.244 e. The van der Waals surface area contributed by atoms with Crippen LogP contribution in [0.25, 0.3) is 0 Å². The lowest BCUT2D eigenvalue weighted by atomic mass is 10.5. The molecule has 0 aliphatic carbocycles. The van der Waals surface area contributed by atoms with Gasteiger partial charge in [0.15, 0.2) is 0 Å². The fourth-order valence-electron chi connectivity index (χ4n) is 0.325. The van der Waals surface area contributed by atoms with E-state index in [1.54, 1.807) is 0 Å². The Balaban J connectivity index is 3.28. The van der Waals surface area contributed by atoms with Crippen LogP contribution in [0.3, 0.4) is 0 Å². The maximum atomic E-state index is 10.7. The molecule has 0 unspecified atom stereocenters. The van der Waals surface area contributed by atoms with E-state index < -0.39 is 0 Å². The Kier molecular flexibility index (Phi) is 5.48.